The van der Waals surface area contributed by atoms with Gasteiger partial charge in [0.2, 0.25) is 0 Å². The van der Waals surface area contributed by atoms with E-state index in [0.29, 0.717) is 0 Å². The molecule has 0 saturated carbocycles. The minimum absolute atomic E-state index is 0.0154. The third-order valence-corrected chi connectivity index (χ3v) is 1.82. The third-order valence-electron chi connectivity index (χ3n) is 1.50. The first-order chi connectivity index (χ1) is 7.04. The van der Waals surface area contributed by atoms with Crippen LogP contribution in [0.15, 0.2) is 30.9 Å². The van der Waals surface area contributed by atoms with E-state index < -0.39 is 10.9 Å². The van der Waals surface area contributed by atoms with E-state index in [2.05, 4.69) is 11.3 Å². The first-order valence-electron chi connectivity index (χ1n) is 3.83. The smallest absolute Gasteiger partial charge is 0.335 e. The van der Waals surface area contributed by atoms with Gasteiger partial charge >= 0.3 is 5.97 Å². The number of hydrogen-bond donors (Lipinski definition) is 0. The average molecular weight is 228 g/mol. The Morgan fingerprint density at radius 1 is 1.60 bits per heavy atom. The molecule has 0 aliphatic carbocycles. The highest BCUT2D eigenvalue weighted by molar-refractivity contribution is 6.32. The van der Waals surface area contributed by atoms with Crippen LogP contribution in [0.1, 0.15) is 0 Å². The van der Waals surface area contributed by atoms with Gasteiger partial charge in [-0.25, -0.2) is 4.79 Å². The quantitative estimate of drug-likeness (QED) is 0.261. The van der Waals surface area contributed by atoms with Crippen LogP contribution in [0.5, 0.6) is 5.75 Å². The van der Waals surface area contributed by atoms with Crippen LogP contribution in [0.2, 0.25) is 5.02 Å². The number of halogens is 1. The monoisotopic (exact) mass is 227 g/mol. The Morgan fingerprint density at radius 2 is 2.27 bits per heavy atom. The van der Waals surface area contributed by atoms with Crippen molar-refractivity contribution < 1.29 is 14.5 Å². The highest BCUT2D eigenvalue weighted by Crippen LogP contribution is 2.28. The van der Waals surface area contributed by atoms with Crippen LogP contribution in [-0.4, -0.2) is 10.9 Å². The summed E-state index contributed by atoms with van der Waals surface area (Å²) < 4.78 is 4.69. The van der Waals surface area contributed by atoms with Crippen molar-refractivity contribution in [3.05, 3.63) is 46.0 Å². The Balaban J connectivity index is 3.02. The van der Waals surface area contributed by atoms with Gasteiger partial charge < -0.3 is 4.74 Å². The Bertz CT molecular complexity index is 430. The van der Waals surface area contributed by atoms with E-state index in [0.717, 1.165) is 12.1 Å². The molecule has 0 N–H and O–H groups in total. The van der Waals surface area contributed by atoms with Crippen molar-refractivity contribution >= 4 is 23.3 Å². The van der Waals surface area contributed by atoms with Gasteiger partial charge in [-0.3, -0.25) is 10.1 Å². The summed E-state index contributed by atoms with van der Waals surface area (Å²) in [5.74, 6) is -0.636. The van der Waals surface area contributed by atoms with Crippen molar-refractivity contribution in [3.8, 4) is 5.75 Å². The van der Waals surface area contributed by atoms with Gasteiger partial charge in [0.1, 0.15) is 10.8 Å². The molecule has 0 aliphatic rings. The molecule has 0 aromatic heterocycles. The number of carbonyl (C=O) groups excluding carboxylic acids is 1. The molecule has 0 atom stereocenters. The summed E-state index contributed by atoms with van der Waals surface area (Å²) in [6.45, 7) is 3.20. The van der Waals surface area contributed by atoms with Crippen LogP contribution in [0.3, 0.4) is 0 Å². The maximum absolute atomic E-state index is 10.8. The molecule has 0 amide bonds. The van der Waals surface area contributed by atoms with E-state index in [9.17, 15) is 14.9 Å². The molecular formula is C9H6ClNO4. The zero-order valence-corrected chi connectivity index (χ0v) is 8.23. The minimum atomic E-state index is -0.688. The van der Waals surface area contributed by atoms with Gasteiger partial charge in [-0.2, -0.15) is 0 Å². The summed E-state index contributed by atoms with van der Waals surface area (Å²) in [6, 6.07) is 3.71. The third kappa shape index (κ3) is 2.78. The van der Waals surface area contributed by atoms with E-state index in [4.69, 9.17) is 11.6 Å². The lowest BCUT2D eigenvalue weighted by Gasteiger charge is -2.01. The summed E-state index contributed by atoms with van der Waals surface area (Å²) >= 11 is 5.56. The predicted molar refractivity (Wildman–Crippen MR) is 53.9 cm³/mol. The van der Waals surface area contributed by atoms with Crippen LogP contribution in [0.25, 0.3) is 0 Å². The molecule has 0 radical (unpaired) electrons. The summed E-state index contributed by atoms with van der Waals surface area (Å²) in [5, 5.41) is 10.5. The second-order valence-corrected chi connectivity index (χ2v) is 2.90. The maximum Gasteiger partial charge on any atom is 0.335 e. The summed E-state index contributed by atoms with van der Waals surface area (Å²) in [5.41, 5.74) is -0.314. The summed E-state index contributed by atoms with van der Waals surface area (Å²) in [4.78, 5) is 20.6. The van der Waals surface area contributed by atoms with Crippen molar-refractivity contribution in [2.45, 2.75) is 0 Å². The number of benzene rings is 1. The van der Waals surface area contributed by atoms with Gasteiger partial charge in [0.15, 0.2) is 0 Å². The molecule has 0 saturated heterocycles. The van der Waals surface area contributed by atoms with Crippen molar-refractivity contribution in [3.63, 3.8) is 0 Å². The van der Waals surface area contributed by atoms with Crippen LogP contribution in [-0.2, 0) is 4.79 Å². The standard InChI is InChI=1S/C9H6ClNO4/c1-2-9(12)15-6-3-4-7(10)8(5-6)11(13)14/h2-5H,1H2. The number of ether oxygens (including phenoxy) is 1. The highest BCUT2D eigenvalue weighted by atomic mass is 35.5. The molecule has 0 fully saturated rings. The topological polar surface area (TPSA) is 69.4 Å². The molecule has 1 rings (SSSR count). The molecule has 0 unspecified atom stereocenters. The Hall–Kier alpha value is -1.88. The molecule has 6 heteroatoms. The van der Waals surface area contributed by atoms with Gasteiger partial charge in [0.25, 0.3) is 5.69 Å². The van der Waals surface area contributed by atoms with Gasteiger partial charge in [0.05, 0.1) is 11.0 Å². The number of nitro groups is 1. The number of rotatable bonds is 3. The van der Waals surface area contributed by atoms with Crippen LogP contribution in [0, 0.1) is 10.1 Å². The number of carbonyl (C=O) groups is 1. The van der Waals surface area contributed by atoms with Crippen molar-refractivity contribution in [1.29, 1.82) is 0 Å². The fourth-order valence-corrected chi connectivity index (χ4v) is 1.04. The van der Waals surface area contributed by atoms with Gasteiger partial charge in [-0.05, 0) is 12.1 Å². The Kier molecular flexibility index (Phi) is 3.41. The second kappa shape index (κ2) is 4.56. The highest BCUT2D eigenvalue weighted by Gasteiger charge is 2.14. The van der Waals surface area contributed by atoms with Gasteiger partial charge in [-0.1, -0.05) is 18.2 Å². The number of hydrogen-bond acceptors (Lipinski definition) is 4. The molecule has 0 spiro atoms. The van der Waals surface area contributed by atoms with Crippen LogP contribution < -0.4 is 4.74 Å². The fourth-order valence-electron chi connectivity index (χ4n) is 0.854. The van der Waals surface area contributed by atoms with E-state index >= 15 is 0 Å². The van der Waals surface area contributed by atoms with Gasteiger partial charge in [-0.15, -0.1) is 0 Å². The first kappa shape index (κ1) is 11.2. The zero-order chi connectivity index (χ0) is 11.4. The predicted octanol–water partition coefficient (Wildman–Crippen LogP) is 2.34. The van der Waals surface area contributed by atoms with Crippen LogP contribution in [0.4, 0.5) is 5.69 Å². The molecular weight excluding hydrogens is 222 g/mol. The Labute approximate surface area is 90.1 Å². The van der Waals surface area contributed by atoms with E-state index in [1.54, 1.807) is 0 Å². The molecule has 0 bridgehead atoms. The second-order valence-electron chi connectivity index (χ2n) is 2.50. The number of nitrogens with zero attached hydrogens (tertiary/aromatic N) is 1. The van der Waals surface area contributed by atoms with Crippen molar-refractivity contribution in [2.24, 2.45) is 0 Å². The van der Waals surface area contributed by atoms with E-state index in [1.165, 1.54) is 12.1 Å². The normalized spacial score (nSPS) is 9.40. The molecule has 0 aliphatic heterocycles. The molecule has 1 aromatic rings. The lowest BCUT2D eigenvalue weighted by atomic mass is 10.3. The largest absolute Gasteiger partial charge is 0.423 e. The molecule has 1 aromatic carbocycles. The van der Waals surface area contributed by atoms with E-state index in [-0.39, 0.29) is 16.5 Å². The lowest BCUT2D eigenvalue weighted by molar-refractivity contribution is -0.384. The lowest BCUT2D eigenvalue weighted by Crippen LogP contribution is -2.03. The fraction of sp³-hybridized carbons (Fsp3) is 0. The molecule has 78 valence electrons. The van der Waals surface area contributed by atoms with Crippen molar-refractivity contribution in [1.82, 2.24) is 0 Å². The molecule has 0 heterocycles. The molecule has 15 heavy (non-hydrogen) atoms. The number of esters is 1. The van der Waals surface area contributed by atoms with E-state index in [1.807, 2.05) is 0 Å². The zero-order valence-electron chi connectivity index (χ0n) is 7.47. The molecule has 5 nitrogen and oxygen atoms in total. The summed E-state index contributed by atoms with van der Waals surface area (Å²) in [6.07, 6.45) is 0.959. The minimum Gasteiger partial charge on any atom is -0.423 e. The Morgan fingerprint density at radius 3 is 2.80 bits per heavy atom. The first-order valence-corrected chi connectivity index (χ1v) is 4.20. The number of nitro benzene ring substituents is 1. The van der Waals surface area contributed by atoms with Crippen molar-refractivity contribution in [2.75, 3.05) is 0 Å². The van der Waals surface area contributed by atoms with Gasteiger partial charge in [0, 0.05) is 6.08 Å². The SMILES string of the molecule is C=CC(=O)Oc1ccc(Cl)c([N+](=O)[O-])c1. The average Bonchev–Trinajstić information content (AvgIpc) is 2.20. The van der Waals surface area contributed by atoms with Crippen LogP contribution >= 0.6 is 11.6 Å². The summed E-state index contributed by atoms with van der Waals surface area (Å²) in [7, 11) is 0. The maximum atomic E-state index is 10.8.